The zero-order chi connectivity index (χ0) is 24.3. The van der Waals surface area contributed by atoms with E-state index in [1.165, 1.54) is 12.8 Å². The Hall–Kier alpha value is -2.53. The zero-order valence-electron chi connectivity index (χ0n) is 20.4. The minimum Gasteiger partial charge on any atom is -0.381 e. The molecule has 6 rings (SSSR count). The van der Waals surface area contributed by atoms with E-state index in [9.17, 15) is 0 Å². The molecule has 1 aliphatic carbocycles. The van der Waals surface area contributed by atoms with Crippen molar-refractivity contribution in [2.75, 3.05) is 50.2 Å². The van der Waals surface area contributed by atoms with E-state index in [0.29, 0.717) is 34.7 Å². The highest BCUT2D eigenvalue weighted by Gasteiger charge is 2.27. The normalized spacial score (nSPS) is 24.1. The van der Waals surface area contributed by atoms with Gasteiger partial charge in [0.2, 0.25) is 5.95 Å². The van der Waals surface area contributed by atoms with Crippen LogP contribution < -0.4 is 10.6 Å². The van der Waals surface area contributed by atoms with E-state index in [2.05, 4.69) is 25.6 Å². The Kier molecular flexibility index (Phi) is 7.18. The zero-order valence-corrected chi connectivity index (χ0v) is 21.2. The number of rotatable bonds is 6. The second-order valence-corrected chi connectivity index (χ2v) is 10.3. The van der Waals surface area contributed by atoms with E-state index in [-0.39, 0.29) is 0 Å². The van der Waals surface area contributed by atoms with Gasteiger partial charge in [-0.3, -0.25) is 9.58 Å². The predicted octanol–water partition coefficient (Wildman–Crippen LogP) is 4.03. The number of pyridine rings is 1. The summed E-state index contributed by atoms with van der Waals surface area (Å²) in [6, 6.07) is 5.00. The Labute approximate surface area is 215 Å². The number of anilines is 3. The summed E-state index contributed by atoms with van der Waals surface area (Å²) in [6.07, 6.45) is 10.3. The van der Waals surface area contributed by atoms with Crippen LogP contribution in [0.3, 0.4) is 0 Å². The molecule has 10 nitrogen and oxygen atoms in total. The van der Waals surface area contributed by atoms with Gasteiger partial charge in [0.15, 0.2) is 5.82 Å². The first-order valence-corrected chi connectivity index (χ1v) is 13.4. The highest BCUT2D eigenvalue weighted by Crippen LogP contribution is 2.30. The lowest BCUT2D eigenvalue weighted by Gasteiger charge is -2.39. The van der Waals surface area contributed by atoms with Crippen LogP contribution in [0.15, 0.2) is 24.5 Å². The van der Waals surface area contributed by atoms with Crippen molar-refractivity contribution >= 4 is 40.1 Å². The molecular weight excluding hydrogens is 480 g/mol. The lowest BCUT2D eigenvalue weighted by Crippen LogP contribution is -2.46. The van der Waals surface area contributed by atoms with Crippen molar-refractivity contribution in [2.24, 2.45) is 0 Å². The number of nitrogens with one attached hydrogen (secondary N) is 2. The molecule has 192 valence electrons. The van der Waals surface area contributed by atoms with Gasteiger partial charge in [0.25, 0.3) is 0 Å². The van der Waals surface area contributed by atoms with Crippen molar-refractivity contribution in [1.82, 2.24) is 29.6 Å². The van der Waals surface area contributed by atoms with E-state index < -0.39 is 0 Å². The summed E-state index contributed by atoms with van der Waals surface area (Å²) in [4.78, 5) is 16.7. The number of halogens is 1. The van der Waals surface area contributed by atoms with Gasteiger partial charge in [-0.15, -0.1) is 0 Å². The predicted molar refractivity (Wildman–Crippen MR) is 139 cm³/mol. The second kappa shape index (κ2) is 10.8. The minimum atomic E-state index is 0.338. The monoisotopic (exact) mass is 512 g/mol. The average molecular weight is 513 g/mol. The van der Waals surface area contributed by atoms with Crippen molar-refractivity contribution in [3.8, 4) is 0 Å². The van der Waals surface area contributed by atoms with Gasteiger partial charge in [0.1, 0.15) is 10.7 Å². The Morgan fingerprint density at radius 2 is 1.64 bits per heavy atom. The van der Waals surface area contributed by atoms with Crippen molar-refractivity contribution in [2.45, 2.75) is 56.7 Å². The van der Waals surface area contributed by atoms with Gasteiger partial charge >= 0.3 is 0 Å². The molecule has 0 spiro atoms. The lowest BCUT2D eigenvalue weighted by atomic mass is 9.90. The Balaban J connectivity index is 1.17. The molecule has 0 radical (unpaired) electrons. The van der Waals surface area contributed by atoms with Crippen molar-refractivity contribution < 1.29 is 9.47 Å². The van der Waals surface area contributed by atoms with Gasteiger partial charge < -0.3 is 20.1 Å². The third-order valence-electron chi connectivity index (χ3n) is 7.53. The maximum Gasteiger partial charge on any atom is 0.229 e. The van der Waals surface area contributed by atoms with Crippen molar-refractivity contribution in [3.63, 3.8) is 0 Å². The molecule has 0 unspecified atom stereocenters. The number of morpholine rings is 1. The molecule has 2 aliphatic heterocycles. The molecule has 2 saturated heterocycles. The molecule has 0 atom stereocenters. The summed E-state index contributed by atoms with van der Waals surface area (Å²) in [7, 11) is 0. The molecule has 3 aliphatic rings. The van der Waals surface area contributed by atoms with Crippen molar-refractivity contribution in [1.29, 1.82) is 0 Å². The second-order valence-electron chi connectivity index (χ2n) is 9.87. The van der Waals surface area contributed by atoms with Crippen molar-refractivity contribution in [3.05, 3.63) is 29.7 Å². The summed E-state index contributed by atoms with van der Waals surface area (Å²) in [5.41, 5.74) is 2.30. The number of fused-ring (bicyclic) bond motifs is 1. The van der Waals surface area contributed by atoms with Gasteiger partial charge in [-0.2, -0.15) is 10.1 Å². The highest BCUT2D eigenvalue weighted by molar-refractivity contribution is 6.29. The molecule has 1 saturated carbocycles. The summed E-state index contributed by atoms with van der Waals surface area (Å²) < 4.78 is 13.0. The third-order valence-corrected chi connectivity index (χ3v) is 7.74. The fourth-order valence-electron chi connectivity index (χ4n) is 5.55. The molecule has 11 heteroatoms. The van der Waals surface area contributed by atoms with Gasteiger partial charge in [-0.25, -0.2) is 9.97 Å². The number of hydrogen-bond acceptors (Lipinski definition) is 9. The number of nitrogens with zero attached hydrogens (tertiary/aromatic N) is 6. The first kappa shape index (κ1) is 23.8. The van der Waals surface area contributed by atoms with Crippen LogP contribution in [-0.4, -0.2) is 81.2 Å². The number of aromatic nitrogens is 5. The molecule has 0 amide bonds. The van der Waals surface area contributed by atoms with Crippen LogP contribution in [0.25, 0.3) is 11.0 Å². The van der Waals surface area contributed by atoms with Crippen LogP contribution in [0.2, 0.25) is 5.15 Å². The van der Waals surface area contributed by atoms with Gasteiger partial charge in [0.05, 0.1) is 36.7 Å². The van der Waals surface area contributed by atoms with Gasteiger partial charge in [-0.1, -0.05) is 11.6 Å². The van der Waals surface area contributed by atoms with E-state index in [4.69, 9.17) is 31.0 Å². The first-order valence-electron chi connectivity index (χ1n) is 13.0. The molecule has 0 aromatic carbocycles. The largest absolute Gasteiger partial charge is 0.381 e. The number of ether oxygens (including phenoxy) is 2. The standard InChI is InChI=1S/C25H33ClN8O2/c26-22-6-5-21-23(31-22)24(28-17-1-3-19(4-2-17)33-9-13-36-14-10-33)32-25(30-21)29-18-15-27-34(16-18)20-7-11-35-12-8-20/h5-6,15-17,19-20H,1-4,7-14H2,(H2,28,29,30,32). The maximum atomic E-state index is 6.24. The van der Waals surface area contributed by atoms with Crippen LogP contribution in [0.1, 0.15) is 44.6 Å². The van der Waals surface area contributed by atoms with Gasteiger partial charge in [0, 0.05) is 44.6 Å². The Morgan fingerprint density at radius 1 is 0.861 bits per heavy atom. The summed E-state index contributed by atoms with van der Waals surface area (Å²) in [5.74, 6) is 1.24. The smallest absolute Gasteiger partial charge is 0.229 e. The van der Waals surface area contributed by atoms with E-state index in [1.54, 1.807) is 6.07 Å². The van der Waals surface area contributed by atoms with E-state index in [0.717, 1.165) is 82.2 Å². The quantitative estimate of drug-likeness (QED) is 0.474. The molecule has 3 aromatic rings. The molecular formula is C25H33ClN8O2. The SMILES string of the molecule is Clc1ccc2nc(Nc3cnn(C4CCOCC4)c3)nc(NC3CCC(N4CCOCC4)CC3)c2n1. The Morgan fingerprint density at radius 3 is 2.44 bits per heavy atom. The topological polar surface area (TPSA) is 102 Å². The highest BCUT2D eigenvalue weighted by atomic mass is 35.5. The first-order chi connectivity index (χ1) is 17.7. The summed E-state index contributed by atoms with van der Waals surface area (Å²) >= 11 is 6.24. The summed E-state index contributed by atoms with van der Waals surface area (Å²) in [5, 5.41) is 12.0. The molecule has 2 N–H and O–H groups in total. The minimum absolute atomic E-state index is 0.338. The number of hydrogen-bond donors (Lipinski definition) is 2. The van der Waals surface area contributed by atoms with Crippen LogP contribution >= 0.6 is 11.6 Å². The fraction of sp³-hybridized carbons (Fsp3) is 0.600. The van der Waals surface area contributed by atoms with Gasteiger partial charge in [-0.05, 0) is 50.7 Å². The average Bonchev–Trinajstić information content (AvgIpc) is 3.39. The molecule has 3 fully saturated rings. The van der Waals surface area contributed by atoms with E-state index in [1.807, 2.05) is 23.1 Å². The maximum absolute atomic E-state index is 6.24. The van der Waals surface area contributed by atoms with Crippen LogP contribution in [0.5, 0.6) is 0 Å². The van der Waals surface area contributed by atoms with Crippen LogP contribution in [0.4, 0.5) is 17.5 Å². The third kappa shape index (κ3) is 5.41. The van der Waals surface area contributed by atoms with E-state index >= 15 is 0 Å². The van der Waals surface area contributed by atoms with Crippen LogP contribution in [0, 0.1) is 0 Å². The Bertz CT molecular complexity index is 1170. The summed E-state index contributed by atoms with van der Waals surface area (Å²) in [6.45, 7) is 5.34. The molecule has 0 bridgehead atoms. The lowest BCUT2D eigenvalue weighted by molar-refractivity contribution is 0.00791. The van der Waals surface area contributed by atoms with Crippen LogP contribution in [-0.2, 0) is 9.47 Å². The molecule has 36 heavy (non-hydrogen) atoms. The molecule has 3 aromatic heterocycles. The molecule has 5 heterocycles. The fourth-order valence-corrected chi connectivity index (χ4v) is 5.70.